The Morgan fingerprint density at radius 1 is 1.20 bits per heavy atom. The molecule has 1 aromatic carbocycles. The Labute approximate surface area is 85.4 Å². The van der Waals surface area contributed by atoms with E-state index in [0.29, 0.717) is 9.46 Å². The second kappa shape index (κ2) is 3.20. The molecule has 0 radical (unpaired) electrons. The molecule has 76 valence electrons. The number of carbonyl (C=O) groups is 1. The number of ketones is 1. The van der Waals surface area contributed by atoms with E-state index < -0.39 is 5.78 Å². The van der Waals surface area contributed by atoms with Crippen molar-refractivity contribution in [3.63, 3.8) is 0 Å². The standard InChI is InChI=1S/C10H8N2O3/c1-7(13)10-6-11(14)8-4-2-3-5-9(8)12(10)15/h2-6H,1H3. The summed E-state index contributed by atoms with van der Waals surface area (Å²) in [5, 5.41) is 23.1. The molecule has 2 aromatic rings. The Morgan fingerprint density at radius 3 is 2.40 bits per heavy atom. The highest BCUT2D eigenvalue weighted by molar-refractivity contribution is 5.90. The van der Waals surface area contributed by atoms with Crippen molar-refractivity contribution in [3.8, 4) is 0 Å². The van der Waals surface area contributed by atoms with Gasteiger partial charge in [0.2, 0.25) is 5.78 Å². The molecule has 5 nitrogen and oxygen atoms in total. The van der Waals surface area contributed by atoms with Crippen LogP contribution in [0.2, 0.25) is 0 Å². The summed E-state index contributed by atoms with van der Waals surface area (Å²) >= 11 is 0. The summed E-state index contributed by atoms with van der Waals surface area (Å²) in [6.07, 6.45) is 0.998. The lowest BCUT2D eigenvalue weighted by Gasteiger charge is -2.05. The van der Waals surface area contributed by atoms with Gasteiger partial charge in [0.1, 0.15) is 0 Å². The molecule has 0 fully saturated rings. The van der Waals surface area contributed by atoms with Crippen LogP contribution in [0.15, 0.2) is 30.5 Å². The van der Waals surface area contributed by atoms with Gasteiger partial charge in [-0.15, -0.1) is 0 Å². The summed E-state index contributed by atoms with van der Waals surface area (Å²) in [5.74, 6) is -0.430. The molecule has 0 bridgehead atoms. The van der Waals surface area contributed by atoms with E-state index in [9.17, 15) is 15.2 Å². The fourth-order valence-electron chi connectivity index (χ4n) is 1.42. The minimum atomic E-state index is -0.430. The molecular weight excluding hydrogens is 196 g/mol. The third-order valence-electron chi connectivity index (χ3n) is 2.16. The van der Waals surface area contributed by atoms with Crippen LogP contribution in [0.25, 0.3) is 11.0 Å². The lowest BCUT2D eigenvalue weighted by molar-refractivity contribution is -0.630. The largest absolute Gasteiger partial charge is 0.618 e. The van der Waals surface area contributed by atoms with Crippen molar-refractivity contribution in [2.24, 2.45) is 0 Å². The van der Waals surface area contributed by atoms with Crippen LogP contribution < -0.4 is 9.46 Å². The number of benzene rings is 1. The average molecular weight is 204 g/mol. The summed E-state index contributed by atoms with van der Waals surface area (Å²) in [7, 11) is 0. The molecule has 0 atom stereocenters. The molecule has 0 unspecified atom stereocenters. The quantitative estimate of drug-likeness (QED) is 0.381. The van der Waals surface area contributed by atoms with Crippen molar-refractivity contribution in [2.75, 3.05) is 0 Å². The van der Waals surface area contributed by atoms with Crippen LogP contribution in [0.1, 0.15) is 17.4 Å². The highest BCUT2D eigenvalue weighted by Crippen LogP contribution is 2.05. The van der Waals surface area contributed by atoms with Crippen LogP contribution >= 0.6 is 0 Å². The van der Waals surface area contributed by atoms with Crippen molar-refractivity contribution in [2.45, 2.75) is 6.92 Å². The smallest absolute Gasteiger partial charge is 0.325 e. The molecule has 2 rings (SSSR count). The molecule has 0 aliphatic carbocycles. The Morgan fingerprint density at radius 2 is 1.80 bits per heavy atom. The fourth-order valence-corrected chi connectivity index (χ4v) is 1.42. The molecule has 0 spiro atoms. The van der Waals surface area contributed by atoms with E-state index in [-0.39, 0.29) is 16.7 Å². The predicted octanol–water partition coefficient (Wildman–Crippen LogP) is 0.309. The van der Waals surface area contributed by atoms with Gasteiger partial charge in [-0.05, 0) is 0 Å². The van der Waals surface area contributed by atoms with Crippen molar-refractivity contribution in [1.82, 2.24) is 0 Å². The number of rotatable bonds is 1. The number of aromatic nitrogens is 2. The number of nitrogens with zero attached hydrogens (tertiary/aromatic N) is 2. The third kappa shape index (κ3) is 1.38. The van der Waals surface area contributed by atoms with Crippen molar-refractivity contribution in [3.05, 3.63) is 46.6 Å². The van der Waals surface area contributed by atoms with Gasteiger partial charge in [-0.2, -0.15) is 9.46 Å². The van der Waals surface area contributed by atoms with Gasteiger partial charge in [-0.25, -0.2) is 0 Å². The molecular formula is C10H8N2O3. The summed E-state index contributed by atoms with van der Waals surface area (Å²) in [5.41, 5.74) is 0.293. The predicted molar refractivity (Wildman–Crippen MR) is 51.9 cm³/mol. The van der Waals surface area contributed by atoms with Gasteiger partial charge < -0.3 is 10.4 Å². The van der Waals surface area contributed by atoms with E-state index >= 15 is 0 Å². The molecule has 1 heterocycles. The minimum absolute atomic E-state index is 0.149. The van der Waals surface area contributed by atoms with Crippen LogP contribution in [0.4, 0.5) is 0 Å². The van der Waals surface area contributed by atoms with Gasteiger partial charge in [-0.1, -0.05) is 12.1 Å². The first-order valence-electron chi connectivity index (χ1n) is 4.36. The maximum atomic E-state index is 11.7. The van der Waals surface area contributed by atoms with Gasteiger partial charge in [0.05, 0.1) is 0 Å². The fraction of sp³-hybridized carbons (Fsp3) is 0.100. The zero-order chi connectivity index (χ0) is 11.0. The molecule has 0 amide bonds. The molecule has 5 heteroatoms. The number of fused-ring (bicyclic) bond motifs is 1. The van der Waals surface area contributed by atoms with E-state index in [1.54, 1.807) is 12.1 Å². The van der Waals surface area contributed by atoms with Crippen LogP contribution in [0, 0.1) is 10.4 Å². The number of para-hydroxylation sites is 2. The Hall–Kier alpha value is -2.17. The van der Waals surface area contributed by atoms with E-state index in [4.69, 9.17) is 0 Å². The van der Waals surface area contributed by atoms with E-state index in [1.165, 1.54) is 19.1 Å². The first kappa shape index (κ1) is 9.39. The maximum Gasteiger partial charge on any atom is 0.325 e. The molecule has 0 aliphatic rings. The minimum Gasteiger partial charge on any atom is -0.618 e. The molecule has 0 saturated heterocycles. The van der Waals surface area contributed by atoms with Gasteiger partial charge in [0.25, 0.3) is 17.2 Å². The molecule has 0 aliphatic heterocycles. The number of hydrogen-bond donors (Lipinski definition) is 0. The molecule has 15 heavy (non-hydrogen) atoms. The molecule has 0 N–H and O–H groups in total. The van der Waals surface area contributed by atoms with E-state index in [2.05, 4.69) is 0 Å². The monoisotopic (exact) mass is 204 g/mol. The average Bonchev–Trinajstić information content (AvgIpc) is 2.23. The van der Waals surface area contributed by atoms with Gasteiger partial charge in [0, 0.05) is 19.1 Å². The normalized spacial score (nSPS) is 10.5. The van der Waals surface area contributed by atoms with Crippen LogP contribution in [-0.4, -0.2) is 5.78 Å². The lowest BCUT2D eigenvalue weighted by Crippen LogP contribution is -2.42. The summed E-state index contributed by atoms with van der Waals surface area (Å²) in [6, 6.07) is 6.33. The third-order valence-corrected chi connectivity index (χ3v) is 2.16. The van der Waals surface area contributed by atoms with E-state index in [0.717, 1.165) is 6.20 Å². The van der Waals surface area contributed by atoms with Gasteiger partial charge >= 0.3 is 5.69 Å². The summed E-state index contributed by atoms with van der Waals surface area (Å²) in [4.78, 5) is 11.1. The molecule has 1 aromatic heterocycles. The van der Waals surface area contributed by atoms with Crippen LogP contribution in [-0.2, 0) is 0 Å². The lowest BCUT2D eigenvalue weighted by atomic mass is 10.2. The van der Waals surface area contributed by atoms with E-state index in [1.807, 2.05) is 0 Å². The zero-order valence-electron chi connectivity index (χ0n) is 8.01. The van der Waals surface area contributed by atoms with Crippen molar-refractivity contribution in [1.29, 1.82) is 0 Å². The van der Waals surface area contributed by atoms with Crippen LogP contribution in [0.5, 0.6) is 0 Å². The van der Waals surface area contributed by atoms with Crippen LogP contribution in [0.3, 0.4) is 0 Å². The first-order chi connectivity index (χ1) is 7.11. The first-order valence-corrected chi connectivity index (χ1v) is 4.36. The highest BCUT2D eigenvalue weighted by Gasteiger charge is 2.21. The Bertz CT molecular complexity index is 552. The SMILES string of the molecule is CC(=O)c1c[n+]([O-])c2ccccc2[n+]1[O-]. The summed E-state index contributed by atoms with van der Waals surface area (Å²) < 4.78 is 1.01. The van der Waals surface area contributed by atoms with Crippen molar-refractivity contribution < 1.29 is 14.3 Å². The van der Waals surface area contributed by atoms with Crippen molar-refractivity contribution >= 4 is 16.8 Å². The Kier molecular flexibility index (Phi) is 2.00. The maximum absolute atomic E-state index is 11.7. The second-order valence-electron chi connectivity index (χ2n) is 3.18. The topological polar surface area (TPSA) is 71.0 Å². The second-order valence-corrected chi connectivity index (χ2v) is 3.18. The number of Topliss-reactive ketones (excluding diaryl/α,β-unsaturated/α-hetero) is 1. The number of hydrogen-bond acceptors (Lipinski definition) is 3. The van der Waals surface area contributed by atoms with Gasteiger partial charge in [0.15, 0.2) is 0 Å². The Balaban J connectivity index is 2.90. The molecule has 0 saturated carbocycles. The summed E-state index contributed by atoms with van der Waals surface area (Å²) in [6.45, 7) is 1.25. The van der Waals surface area contributed by atoms with Gasteiger partial charge in [-0.3, -0.25) is 4.79 Å². The zero-order valence-corrected chi connectivity index (χ0v) is 8.01. The number of carbonyl (C=O) groups excluding carboxylic acids is 1. The highest BCUT2D eigenvalue weighted by atomic mass is 16.5.